The highest BCUT2D eigenvalue weighted by atomic mass is 16.2. The van der Waals surface area contributed by atoms with Gasteiger partial charge in [-0.25, -0.2) is 0 Å². The molecule has 0 spiro atoms. The number of nitrogens with zero attached hydrogens (tertiary/aromatic N) is 1. The van der Waals surface area contributed by atoms with E-state index in [0.717, 1.165) is 22.7 Å². The third-order valence-corrected chi connectivity index (χ3v) is 7.96. The van der Waals surface area contributed by atoms with Crippen LogP contribution in [0, 0.1) is 23.2 Å². The molecule has 5 heteroatoms. The normalized spacial score (nSPS) is 35.1. The van der Waals surface area contributed by atoms with Crippen molar-refractivity contribution in [1.29, 1.82) is 0 Å². The van der Waals surface area contributed by atoms with Crippen LogP contribution in [0.25, 0.3) is 0 Å². The largest absolute Gasteiger partial charge is 0.351 e. The van der Waals surface area contributed by atoms with Crippen molar-refractivity contribution in [3.05, 3.63) is 35.4 Å². The molecule has 4 fully saturated rings. The van der Waals surface area contributed by atoms with E-state index >= 15 is 0 Å². The lowest BCUT2D eigenvalue weighted by atomic mass is 9.48. The molecule has 1 aromatic carbocycles. The van der Waals surface area contributed by atoms with Crippen LogP contribution in [0.1, 0.15) is 73.1 Å². The predicted molar refractivity (Wildman–Crippen MR) is 105 cm³/mol. The fourth-order valence-electron chi connectivity index (χ4n) is 6.87. The van der Waals surface area contributed by atoms with Crippen LogP contribution in [-0.4, -0.2) is 34.7 Å². The molecule has 4 saturated carbocycles. The van der Waals surface area contributed by atoms with Gasteiger partial charge >= 0.3 is 0 Å². The predicted octanol–water partition coefficient (Wildman–Crippen LogP) is 3.39. The summed E-state index contributed by atoms with van der Waals surface area (Å²) < 4.78 is 0. The van der Waals surface area contributed by atoms with Gasteiger partial charge in [0.1, 0.15) is 6.04 Å². The lowest BCUT2D eigenvalue weighted by molar-refractivity contribution is -0.129. The Morgan fingerprint density at radius 2 is 1.43 bits per heavy atom. The van der Waals surface area contributed by atoms with Crippen LogP contribution in [0.5, 0.6) is 0 Å². The molecule has 4 bridgehead atoms. The van der Waals surface area contributed by atoms with Gasteiger partial charge in [0.05, 0.1) is 11.1 Å². The molecular formula is C23H28N2O3. The van der Waals surface area contributed by atoms with Crippen LogP contribution in [0.15, 0.2) is 24.3 Å². The quantitative estimate of drug-likeness (QED) is 0.814. The first-order chi connectivity index (χ1) is 13.4. The molecule has 28 heavy (non-hydrogen) atoms. The van der Waals surface area contributed by atoms with Crippen LogP contribution in [0.4, 0.5) is 0 Å². The highest BCUT2D eigenvalue weighted by molar-refractivity contribution is 6.22. The second-order valence-corrected chi connectivity index (χ2v) is 9.71. The molecule has 1 aromatic rings. The molecule has 5 nitrogen and oxygen atoms in total. The van der Waals surface area contributed by atoms with Gasteiger partial charge in [0, 0.05) is 6.04 Å². The van der Waals surface area contributed by atoms with Crippen molar-refractivity contribution in [2.24, 2.45) is 23.2 Å². The Balaban J connectivity index is 1.31. The van der Waals surface area contributed by atoms with E-state index in [4.69, 9.17) is 0 Å². The Kier molecular flexibility index (Phi) is 3.94. The molecule has 1 aliphatic heterocycles. The summed E-state index contributed by atoms with van der Waals surface area (Å²) in [5.41, 5.74) is 0.981. The second kappa shape index (κ2) is 6.16. The van der Waals surface area contributed by atoms with Gasteiger partial charge in [-0.3, -0.25) is 19.3 Å². The number of hydrogen-bond donors (Lipinski definition) is 1. The van der Waals surface area contributed by atoms with Gasteiger partial charge in [-0.2, -0.15) is 0 Å². The van der Waals surface area contributed by atoms with Gasteiger partial charge in [-0.05, 0) is 87.7 Å². The maximum Gasteiger partial charge on any atom is 0.262 e. The highest BCUT2D eigenvalue weighted by Crippen LogP contribution is 2.61. The molecule has 0 unspecified atom stereocenters. The summed E-state index contributed by atoms with van der Waals surface area (Å²) in [6.07, 6.45) is 7.73. The average molecular weight is 380 g/mol. The Morgan fingerprint density at radius 3 is 1.89 bits per heavy atom. The monoisotopic (exact) mass is 380 g/mol. The van der Waals surface area contributed by atoms with Crippen molar-refractivity contribution in [2.75, 3.05) is 0 Å². The molecule has 5 aliphatic rings. The summed E-state index contributed by atoms with van der Waals surface area (Å²) in [6, 6.07) is 6.06. The van der Waals surface area contributed by atoms with Crippen LogP contribution >= 0.6 is 0 Å². The van der Waals surface area contributed by atoms with Crippen LogP contribution in [0.3, 0.4) is 0 Å². The zero-order valence-corrected chi connectivity index (χ0v) is 16.6. The minimum atomic E-state index is -0.802. The van der Waals surface area contributed by atoms with Gasteiger partial charge in [-0.15, -0.1) is 0 Å². The average Bonchev–Trinajstić information content (AvgIpc) is 2.91. The standard InChI is InChI=1S/C23H28N2O3/c1-13(25-21(27)18-5-3-4-6-19(18)22(25)28)20(26)24-14(2)23-10-15-7-16(11-23)9-17(8-15)12-23/h3-6,13-17H,7-12H2,1-2H3,(H,24,26)/t13-,14+,15?,16?,17?,23?/m0/s1. The van der Waals surface area contributed by atoms with Gasteiger partial charge in [-0.1, -0.05) is 12.1 Å². The van der Waals surface area contributed by atoms with Gasteiger partial charge in [0.25, 0.3) is 11.8 Å². The van der Waals surface area contributed by atoms with Gasteiger partial charge in [0.15, 0.2) is 0 Å². The lowest BCUT2D eigenvalue weighted by Crippen LogP contribution is -2.58. The van der Waals surface area contributed by atoms with Crippen LogP contribution in [-0.2, 0) is 4.79 Å². The molecule has 1 heterocycles. The molecule has 6 rings (SSSR count). The third kappa shape index (κ3) is 2.55. The summed E-state index contributed by atoms with van der Waals surface area (Å²) in [6.45, 7) is 3.78. The van der Waals surface area contributed by atoms with Crippen molar-refractivity contribution in [3.8, 4) is 0 Å². The van der Waals surface area contributed by atoms with E-state index < -0.39 is 6.04 Å². The van der Waals surface area contributed by atoms with Crippen molar-refractivity contribution in [2.45, 2.75) is 64.5 Å². The van der Waals surface area contributed by atoms with Crippen LogP contribution < -0.4 is 5.32 Å². The molecule has 0 saturated heterocycles. The summed E-state index contributed by atoms with van der Waals surface area (Å²) in [5, 5.41) is 3.20. The second-order valence-electron chi connectivity index (χ2n) is 9.71. The number of rotatable bonds is 4. The van der Waals surface area contributed by atoms with E-state index in [2.05, 4.69) is 12.2 Å². The molecular weight excluding hydrogens is 352 g/mol. The van der Waals surface area contributed by atoms with Gasteiger partial charge < -0.3 is 5.32 Å². The van der Waals surface area contributed by atoms with E-state index in [0.29, 0.717) is 11.1 Å². The number of amides is 3. The van der Waals surface area contributed by atoms with E-state index in [1.165, 1.54) is 38.5 Å². The fourth-order valence-corrected chi connectivity index (χ4v) is 6.87. The minimum Gasteiger partial charge on any atom is -0.351 e. The number of carbonyl (C=O) groups excluding carboxylic acids is 3. The number of benzene rings is 1. The summed E-state index contributed by atoms with van der Waals surface area (Å²) >= 11 is 0. The molecule has 2 atom stereocenters. The number of hydrogen-bond acceptors (Lipinski definition) is 3. The Morgan fingerprint density at radius 1 is 0.964 bits per heavy atom. The molecule has 148 valence electrons. The number of imide groups is 1. The Hall–Kier alpha value is -2.17. The van der Waals surface area contributed by atoms with Crippen molar-refractivity contribution >= 4 is 17.7 Å². The lowest BCUT2D eigenvalue weighted by Gasteiger charge is -2.59. The smallest absolute Gasteiger partial charge is 0.262 e. The topological polar surface area (TPSA) is 66.5 Å². The van der Waals surface area contributed by atoms with Crippen LogP contribution in [0.2, 0.25) is 0 Å². The zero-order valence-electron chi connectivity index (χ0n) is 16.6. The van der Waals surface area contributed by atoms with E-state index in [1.54, 1.807) is 31.2 Å². The number of fused-ring (bicyclic) bond motifs is 1. The van der Waals surface area contributed by atoms with E-state index in [9.17, 15) is 14.4 Å². The van der Waals surface area contributed by atoms with Crippen molar-refractivity contribution in [3.63, 3.8) is 0 Å². The SMILES string of the molecule is C[C@@H](C(=O)N[C@H](C)C12CC3CC(CC(C3)C1)C2)N1C(=O)c2ccccc2C1=O. The molecule has 0 aromatic heterocycles. The first kappa shape index (κ1) is 17.9. The van der Waals surface area contributed by atoms with E-state index in [-0.39, 0.29) is 29.2 Å². The minimum absolute atomic E-state index is 0.0750. The molecule has 1 N–H and O–H groups in total. The van der Waals surface area contributed by atoms with Crippen molar-refractivity contribution in [1.82, 2.24) is 10.2 Å². The van der Waals surface area contributed by atoms with Crippen molar-refractivity contribution < 1.29 is 14.4 Å². The Labute approximate surface area is 165 Å². The summed E-state index contributed by atoms with van der Waals surface area (Å²) in [4.78, 5) is 39.5. The summed E-state index contributed by atoms with van der Waals surface area (Å²) in [7, 11) is 0. The molecule has 3 amide bonds. The maximum atomic E-state index is 13.0. The summed E-state index contributed by atoms with van der Waals surface area (Å²) in [5.74, 6) is 1.49. The number of nitrogens with one attached hydrogen (secondary N) is 1. The fraction of sp³-hybridized carbons (Fsp3) is 0.609. The Bertz CT molecular complexity index is 791. The first-order valence-corrected chi connectivity index (χ1v) is 10.7. The van der Waals surface area contributed by atoms with Gasteiger partial charge in [0.2, 0.25) is 5.91 Å². The zero-order chi connectivity index (χ0) is 19.6. The van der Waals surface area contributed by atoms with E-state index in [1.807, 2.05) is 0 Å². The first-order valence-electron chi connectivity index (χ1n) is 10.7. The third-order valence-electron chi connectivity index (χ3n) is 7.96. The highest BCUT2D eigenvalue weighted by Gasteiger charge is 2.53. The molecule has 4 aliphatic carbocycles. The number of carbonyl (C=O) groups is 3. The maximum absolute atomic E-state index is 13.0. The molecule has 0 radical (unpaired) electrons.